The van der Waals surface area contributed by atoms with Crippen molar-refractivity contribution in [3.63, 3.8) is 0 Å². The molecule has 3 nitrogen and oxygen atoms in total. The average molecular weight is 280 g/mol. The van der Waals surface area contributed by atoms with Crippen LogP contribution >= 0.6 is 11.8 Å². The molecule has 1 N–H and O–H groups in total. The summed E-state index contributed by atoms with van der Waals surface area (Å²) in [7, 11) is 3.96. The molecule has 0 saturated carbocycles. The van der Waals surface area contributed by atoms with Crippen molar-refractivity contribution in [2.45, 2.75) is 19.0 Å². The van der Waals surface area contributed by atoms with Gasteiger partial charge in [-0.15, -0.1) is 0 Å². The number of methoxy groups -OCH3 is 1. The molecule has 1 aromatic carbocycles. The fourth-order valence-electron chi connectivity index (χ4n) is 2.43. The van der Waals surface area contributed by atoms with Crippen LogP contribution in [0, 0.1) is 0 Å². The van der Waals surface area contributed by atoms with Crippen LogP contribution in [-0.4, -0.2) is 44.9 Å². The zero-order chi connectivity index (χ0) is 13.5. The Morgan fingerprint density at radius 3 is 3.00 bits per heavy atom. The first kappa shape index (κ1) is 14.7. The van der Waals surface area contributed by atoms with Crippen molar-refractivity contribution in [1.29, 1.82) is 0 Å². The third kappa shape index (κ3) is 4.13. The number of nitrogens with one attached hydrogen (secondary N) is 1. The van der Waals surface area contributed by atoms with E-state index >= 15 is 0 Å². The van der Waals surface area contributed by atoms with Gasteiger partial charge in [0.05, 0.1) is 6.61 Å². The quantitative estimate of drug-likeness (QED) is 0.775. The van der Waals surface area contributed by atoms with Crippen molar-refractivity contribution in [3.05, 3.63) is 29.8 Å². The van der Waals surface area contributed by atoms with E-state index in [0.29, 0.717) is 6.04 Å². The minimum atomic E-state index is 0.685. The third-order valence-electron chi connectivity index (χ3n) is 3.62. The second-order valence-corrected chi connectivity index (χ2v) is 6.08. The molecule has 1 fully saturated rings. The van der Waals surface area contributed by atoms with Crippen LogP contribution < -0.4 is 10.2 Å². The van der Waals surface area contributed by atoms with Gasteiger partial charge < -0.3 is 15.0 Å². The van der Waals surface area contributed by atoms with Crippen molar-refractivity contribution >= 4 is 17.4 Å². The maximum absolute atomic E-state index is 5.06. The first-order valence-electron chi connectivity index (χ1n) is 6.91. The highest BCUT2D eigenvalue weighted by Gasteiger charge is 2.21. The molecule has 1 atom stereocenters. The molecule has 1 aliphatic heterocycles. The fourth-order valence-corrected chi connectivity index (χ4v) is 3.69. The maximum Gasteiger partial charge on any atom is 0.0587 e. The van der Waals surface area contributed by atoms with Gasteiger partial charge in [0.15, 0.2) is 0 Å². The second-order valence-electron chi connectivity index (χ2n) is 4.93. The molecule has 2 rings (SSSR count). The van der Waals surface area contributed by atoms with E-state index in [1.54, 1.807) is 7.11 Å². The van der Waals surface area contributed by atoms with Gasteiger partial charge in [0.25, 0.3) is 0 Å². The Labute approximate surface area is 120 Å². The SMILES string of the molecule is COCCNCc1ccccc1N(C)C1CCSC1. The highest BCUT2D eigenvalue weighted by molar-refractivity contribution is 7.99. The van der Waals surface area contributed by atoms with Crippen LogP contribution in [0.15, 0.2) is 24.3 Å². The predicted molar refractivity (Wildman–Crippen MR) is 84.2 cm³/mol. The molecule has 19 heavy (non-hydrogen) atoms. The third-order valence-corrected chi connectivity index (χ3v) is 4.77. The molecule has 0 aromatic heterocycles. The van der Waals surface area contributed by atoms with E-state index in [9.17, 15) is 0 Å². The van der Waals surface area contributed by atoms with Gasteiger partial charge in [-0.25, -0.2) is 0 Å². The summed E-state index contributed by atoms with van der Waals surface area (Å²) in [6, 6.07) is 9.38. The first-order valence-corrected chi connectivity index (χ1v) is 8.06. The lowest BCUT2D eigenvalue weighted by atomic mass is 10.1. The molecule has 1 saturated heterocycles. The number of benzene rings is 1. The summed E-state index contributed by atoms with van der Waals surface area (Å²) in [4.78, 5) is 2.45. The van der Waals surface area contributed by atoms with E-state index < -0.39 is 0 Å². The monoisotopic (exact) mass is 280 g/mol. The lowest BCUT2D eigenvalue weighted by molar-refractivity contribution is 0.199. The average Bonchev–Trinajstić information content (AvgIpc) is 2.97. The van der Waals surface area contributed by atoms with E-state index in [1.165, 1.54) is 29.2 Å². The Morgan fingerprint density at radius 2 is 2.26 bits per heavy atom. The maximum atomic E-state index is 5.06. The summed E-state index contributed by atoms with van der Waals surface area (Å²) in [5.74, 6) is 2.55. The van der Waals surface area contributed by atoms with Gasteiger partial charge in [-0.2, -0.15) is 11.8 Å². The fraction of sp³-hybridized carbons (Fsp3) is 0.600. The van der Waals surface area contributed by atoms with Crippen LogP contribution in [-0.2, 0) is 11.3 Å². The van der Waals surface area contributed by atoms with Gasteiger partial charge in [0.1, 0.15) is 0 Å². The molecule has 0 spiro atoms. The molecule has 1 aromatic rings. The standard InChI is InChI=1S/C15H24N2OS/c1-17(14-7-10-19-12-14)15-6-4-3-5-13(15)11-16-8-9-18-2/h3-6,14,16H,7-12H2,1-2H3. The van der Waals surface area contributed by atoms with Gasteiger partial charge in [0, 0.05) is 44.7 Å². The Bertz CT molecular complexity index is 380. The van der Waals surface area contributed by atoms with Crippen LogP contribution in [0.2, 0.25) is 0 Å². The predicted octanol–water partition coefficient (Wildman–Crippen LogP) is 2.36. The lowest BCUT2D eigenvalue weighted by Gasteiger charge is -2.28. The Hall–Kier alpha value is -0.710. The zero-order valence-corrected chi connectivity index (χ0v) is 12.7. The van der Waals surface area contributed by atoms with Gasteiger partial charge in [-0.05, 0) is 23.8 Å². The van der Waals surface area contributed by atoms with E-state index in [4.69, 9.17) is 4.74 Å². The van der Waals surface area contributed by atoms with Crippen LogP contribution in [0.3, 0.4) is 0 Å². The topological polar surface area (TPSA) is 24.5 Å². The Kier molecular flexibility index (Phi) is 6.01. The van der Waals surface area contributed by atoms with Crippen molar-refractivity contribution in [3.8, 4) is 0 Å². The molecular weight excluding hydrogens is 256 g/mol. The van der Waals surface area contributed by atoms with E-state index in [-0.39, 0.29) is 0 Å². The molecule has 0 amide bonds. The van der Waals surface area contributed by atoms with Crippen LogP contribution in [0.5, 0.6) is 0 Å². The Balaban J connectivity index is 1.98. The van der Waals surface area contributed by atoms with Gasteiger partial charge in [-0.3, -0.25) is 0 Å². The highest BCUT2D eigenvalue weighted by atomic mass is 32.2. The smallest absolute Gasteiger partial charge is 0.0587 e. The summed E-state index contributed by atoms with van der Waals surface area (Å²) in [6.07, 6.45) is 1.30. The summed E-state index contributed by atoms with van der Waals surface area (Å²) in [5, 5.41) is 3.43. The number of rotatable bonds is 7. The molecule has 106 valence electrons. The van der Waals surface area contributed by atoms with Gasteiger partial charge in [0.2, 0.25) is 0 Å². The molecule has 1 aliphatic rings. The van der Waals surface area contributed by atoms with E-state index in [0.717, 1.165) is 19.7 Å². The highest BCUT2D eigenvalue weighted by Crippen LogP contribution is 2.28. The van der Waals surface area contributed by atoms with Crippen LogP contribution in [0.1, 0.15) is 12.0 Å². The molecule has 1 unspecified atom stereocenters. The van der Waals surface area contributed by atoms with Gasteiger partial charge >= 0.3 is 0 Å². The number of anilines is 1. The molecule has 0 radical (unpaired) electrons. The largest absolute Gasteiger partial charge is 0.383 e. The van der Waals surface area contributed by atoms with Crippen molar-refractivity contribution in [2.75, 3.05) is 43.7 Å². The van der Waals surface area contributed by atoms with Crippen molar-refractivity contribution in [2.24, 2.45) is 0 Å². The number of ether oxygens (including phenoxy) is 1. The van der Waals surface area contributed by atoms with Crippen molar-refractivity contribution in [1.82, 2.24) is 5.32 Å². The van der Waals surface area contributed by atoms with E-state index in [2.05, 4.69) is 53.3 Å². The molecule has 4 heteroatoms. The second kappa shape index (κ2) is 7.78. The first-order chi connectivity index (χ1) is 9.33. The summed E-state index contributed by atoms with van der Waals surface area (Å²) in [6.45, 7) is 2.56. The number of para-hydroxylation sites is 1. The number of thioether (sulfide) groups is 1. The molecule has 0 aliphatic carbocycles. The summed E-state index contributed by atoms with van der Waals surface area (Å²) < 4.78 is 5.06. The lowest BCUT2D eigenvalue weighted by Crippen LogP contribution is -2.32. The normalized spacial score (nSPS) is 18.7. The van der Waals surface area contributed by atoms with E-state index in [1.807, 2.05) is 0 Å². The zero-order valence-electron chi connectivity index (χ0n) is 11.9. The van der Waals surface area contributed by atoms with Crippen LogP contribution in [0.4, 0.5) is 5.69 Å². The molecule has 0 bridgehead atoms. The van der Waals surface area contributed by atoms with Crippen LogP contribution in [0.25, 0.3) is 0 Å². The number of hydrogen-bond donors (Lipinski definition) is 1. The van der Waals surface area contributed by atoms with Gasteiger partial charge in [-0.1, -0.05) is 18.2 Å². The number of nitrogens with zero attached hydrogens (tertiary/aromatic N) is 1. The summed E-state index contributed by atoms with van der Waals surface area (Å²) in [5.41, 5.74) is 2.73. The molecular formula is C15H24N2OS. The Morgan fingerprint density at radius 1 is 1.42 bits per heavy atom. The van der Waals surface area contributed by atoms with Crippen molar-refractivity contribution < 1.29 is 4.74 Å². The number of hydrogen-bond acceptors (Lipinski definition) is 4. The summed E-state index contributed by atoms with van der Waals surface area (Å²) >= 11 is 2.06. The minimum absolute atomic E-state index is 0.685. The minimum Gasteiger partial charge on any atom is -0.383 e. The molecule has 1 heterocycles.